The Balaban J connectivity index is 2.32. The minimum Gasteiger partial charge on any atom is -0.508 e. The predicted octanol–water partition coefficient (Wildman–Crippen LogP) is -0.152. The molecule has 1 saturated carbocycles. The van der Waals surface area contributed by atoms with Gasteiger partial charge < -0.3 is 10.6 Å². The van der Waals surface area contributed by atoms with Crippen LogP contribution in [0.4, 0.5) is 0 Å². The van der Waals surface area contributed by atoms with Crippen molar-refractivity contribution in [2.75, 3.05) is 6.54 Å². The number of carbonyl (C=O) groups excluding carboxylic acids is 1. The maximum atomic E-state index is 11.0. The van der Waals surface area contributed by atoms with Gasteiger partial charge in [0.15, 0.2) is 12.3 Å². The summed E-state index contributed by atoms with van der Waals surface area (Å²) in [6.07, 6.45) is 4.37. The van der Waals surface area contributed by atoms with Crippen molar-refractivity contribution in [2.45, 2.75) is 25.7 Å². The molecule has 1 fully saturated rings. The molecule has 10 heavy (non-hydrogen) atoms. The van der Waals surface area contributed by atoms with Crippen LogP contribution in [-0.4, -0.2) is 12.3 Å². The summed E-state index contributed by atoms with van der Waals surface area (Å²) in [6.45, 7) is 0.116. The van der Waals surface area contributed by atoms with Crippen molar-refractivity contribution in [3.63, 3.8) is 0 Å². The van der Waals surface area contributed by atoms with Crippen LogP contribution in [0.25, 0.3) is 5.53 Å². The molecule has 0 bridgehead atoms. The fourth-order valence-corrected chi connectivity index (χ4v) is 1.47. The zero-order chi connectivity index (χ0) is 7.40. The second-order valence-corrected chi connectivity index (χ2v) is 2.78. The molecule has 56 valence electrons. The molecule has 0 heterocycles. The highest BCUT2D eigenvalue weighted by Gasteiger charge is 2.22. The lowest BCUT2D eigenvalue weighted by atomic mass is 10.0. The van der Waals surface area contributed by atoms with Gasteiger partial charge in [-0.3, -0.25) is 4.79 Å². The summed E-state index contributed by atoms with van der Waals surface area (Å²) in [4.78, 5) is 11.0. The molecule has 0 aromatic rings. The lowest BCUT2D eigenvalue weighted by Crippen LogP contribution is -2.66. The molecule has 1 N–H and O–H groups in total. The second kappa shape index (κ2) is 3.44. The first-order valence-corrected chi connectivity index (χ1v) is 3.74. The third kappa shape index (κ3) is 1.62. The van der Waals surface area contributed by atoms with E-state index in [0.29, 0.717) is 0 Å². The fourth-order valence-electron chi connectivity index (χ4n) is 1.47. The quantitative estimate of drug-likeness (QED) is 0.544. The molecule has 0 amide bonds. The van der Waals surface area contributed by atoms with Crippen LogP contribution in [0.3, 0.4) is 0 Å². The molecule has 0 aromatic carbocycles. The van der Waals surface area contributed by atoms with E-state index in [1.807, 2.05) is 5.11 Å². The molecule has 1 rings (SSSR count). The summed E-state index contributed by atoms with van der Waals surface area (Å²) in [5.74, 6) is 0.375. The summed E-state index contributed by atoms with van der Waals surface area (Å²) in [7, 11) is 0. The van der Waals surface area contributed by atoms with Crippen molar-refractivity contribution < 1.29 is 9.91 Å². The molecule has 0 radical (unpaired) electrons. The van der Waals surface area contributed by atoms with E-state index in [1.165, 1.54) is 12.8 Å². The van der Waals surface area contributed by atoms with Crippen LogP contribution in [-0.2, 0) is 4.79 Å². The van der Waals surface area contributed by atoms with Gasteiger partial charge in [-0.1, -0.05) is 12.8 Å². The molecular weight excluding hydrogens is 128 g/mol. The maximum Gasteiger partial charge on any atom is 0.199 e. The molecule has 3 heteroatoms. The number of Topliss-reactive ketones (excluding diaryl/α,β-unsaturated/α-hetero) is 1. The minimum absolute atomic E-state index is 0.116. The summed E-state index contributed by atoms with van der Waals surface area (Å²) in [5, 5.41) is 1.89. The molecule has 0 atom stereocenters. The Morgan fingerprint density at radius 3 is 2.60 bits per heavy atom. The van der Waals surface area contributed by atoms with Crippen molar-refractivity contribution in [1.82, 2.24) is 0 Å². The van der Waals surface area contributed by atoms with Gasteiger partial charge in [0, 0.05) is 5.92 Å². The van der Waals surface area contributed by atoms with Gasteiger partial charge in [-0.05, 0) is 12.8 Å². The van der Waals surface area contributed by atoms with Crippen molar-refractivity contribution >= 4 is 5.78 Å². The summed E-state index contributed by atoms with van der Waals surface area (Å²) in [6, 6.07) is 0. The van der Waals surface area contributed by atoms with E-state index in [-0.39, 0.29) is 18.2 Å². The number of rotatable bonds is 3. The Hall–Kier alpha value is -0.730. The zero-order valence-electron chi connectivity index (χ0n) is 5.97. The summed E-state index contributed by atoms with van der Waals surface area (Å²) < 4.78 is 0. The highest BCUT2D eigenvalue weighted by molar-refractivity contribution is 5.81. The number of hydrogen-bond donors (Lipinski definition) is 1. The van der Waals surface area contributed by atoms with Crippen molar-refractivity contribution in [2.24, 2.45) is 5.92 Å². The Morgan fingerprint density at radius 1 is 1.50 bits per heavy atom. The van der Waals surface area contributed by atoms with E-state index < -0.39 is 0 Å². The Bertz CT molecular complexity index is 139. The van der Waals surface area contributed by atoms with Gasteiger partial charge in [0.2, 0.25) is 0 Å². The highest BCUT2D eigenvalue weighted by Crippen LogP contribution is 2.24. The van der Waals surface area contributed by atoms with Crippen LogP contribution in [0.15, 0.2) is 0 Å². The van der Waals surface area contributed by atoms with Crippen LogP contribution >= 0.6 is 0 Å². The average molecular weight is 140 g/mol. The molecule has 3 nitrogen and oxygen atoms in total. The molecule has 0 spiro atoms. The molecule has 1 aliphatic rings. The standard InChI is InChI=1S/C7H12N2O/c8-9-5-7(10)6-3-1-2-4-6/h6,9H,1-5H2. The van der Waals surface area contributed by atoms with Gasteiger partial charge in [0.05, 0.1) is 0 Å². The third-order valence-electron chi connectivity index (χ3n) is 2.06. The number of nitrogens with zero attached hydrogens (tertiary/aromatic N) is 1. The summed E-state index contributed by atoms with van der Waals surface area (Å²) >= 11 is 0. The van der Waals surface area contributed by atoms with Crippen molar-refractivity contribution in [3.05, 3.63) is 5.53 Å². The third-order valence-corrected chi connectivity index (χ3v) is 2.06. The minimum atomic E-state index is 0.116. The molecule has 0 aliphatic heterocycles. The first-order chi connectivity index (χ1) is 4.84. The highest BCUT2D eigenvalue weighted by atomic mass is 16.1. The Morgan fingerprint density at radius 2 is 2.10 bits per heavy atom. The van der Waals surface area contributed by atoms with E-state index in [0.717, 1.165) is 12.8 Å². The number of ketones is 1. The van der Waals surface area contributed by atoms with Gasteiger partial charge in [-0.15, -0.1) is 0 Å². The maximum absolute atomic E-state index is 11.0. The van der Waals surface area contributed by atoms with Crippen LogP contribution < -0.4 is 5.11 Å². The smallest absolute Gasteiger partial charge is 0.199 e. The lowest BCUT2D eigenvalue weighted by Gasteiger charge is -2.01. The molecule has 0 unspecified atom stereocenters. The summed E-state index contributed by atoms with van der Waals surface area (Å²) in [5.41, 5.74) is 8.23. The van der Waals surface area contributed by atoms with Crippen LogP contribution in [0.5, 0.6) is 0 Å². The first kappa shape index (κ1) is 7.38. The lowest BCUT2D eigenvalue weighted by molar-refractivity contribution is -0.468. The number of nitrogens with one attached hydrogen (secondary N) is 1. The number of hydrogen-bond acceptors (Lipinski definition) is 1. The zero-order valence-corrected chi connectivity index (χ0v) is 5.97. The van der Waals surface area contributed by atoms with Crippen LogP contribution in [0, 0.1) is 5.92 Å². The van der Waals surface area contributed by atoms with Gasteiger partial charge in [-0.2, -0.15) is 0 Å². The van der Waals surface area contributed by atoms with E-state index in [4.69, 9.17) is 5.53 Å². The SMILES string of the molecule is [N-]=[NH+]CC(=O)C1CCCC1. The molecule has 0 saturated heterocycles. The molecule has 0 aromatic heterocycles. The second-order valence-electron chi connectivity index (χ2n) is 2.78. The van der Waals surface area contributed by atoms with Gasteiger partial charge in [0.1, 0.15) is 0 Å². The monoisotopic (exact) mass is 140 g/mol. The van der Waals surface area contributed by atoms with Gasteiger partial charge >= 0.3 is 0 Å². The van der Waals surface area contributed by atoms with Crippen molar-refractivity contribution in [1.29, 1.82) is 0 Å². The largest absolute Gasteiger partial charge is 0.508 e. The van der Waals surface area contributed by atoms with E-state index >= 15 is 0 Å². The first-order valence-electron chi connectivity index (χ1n) is 3.74. The Kier molecular flexibility index (Phi) is 2.54. The van der Waals surface area contributed by atoms with Crippen LogP contribution in [0.1, 0.15) is 25.7 Å². The van der Waals surface area contributed by atoms with Crippen LogP contribution in [0.2, 0.25) is 0 Å². The topological polar surface area (TPSA) is 53.3 Å². The average Bonchev–Trinajstić information content (AvgIpc) is 2.38. The molecular formula is C7H12N2O. The predicted molar refractivity (Wildman–Crippen MR) is 36.2 cm³/mol. The fraction of sp³-hybridized carbons (Fsp3) is 0.857. The van der Waals surface area contributed by atoms with Gasteiger partial charge in [-0.25, -0.2) is 0 Å². The van der Waals surface area contributed by atoms with E-state index in [1.54, 1.807) is 0 Å². The van der Waals surface area contributed by atoms with E-state index in [9.17, 15) is 4.79 Å². The van der Waals surface area contributed by atoms with Crippen molar-refractivity contribution in [3.8, 4) is 0 Å². The molecule has 1 aliphatic carbocycles. The van der Waals surface area contributed by atoms with Gasteiger partial charge in [0.25, 0.3) is 0 Å². The Labute approximate surface area is 60.3 Å². The normalized spacial score (nSPS) is 19.2. The number of carbonyl (C=O) groups is 1. The van der Waals surface area contributed by atoms with E-state index in [2.05, 4.69) is 0 Å².